The van der Waals surface area contributed by atoms with E-state index in [-0.39, 0.29) is 11.7 Å². The smallest absolute Gasteiger partial charge is 0.305 e. The zero-order valence-corrected chi connectivity index (χ0v) is 9.24. The van der Waals surface area contributed by atoms with Crippen molar-refractivity contribution in [2.75, 3.05) is 5.32 Å². The number of anilines is 1. The van der Waals surface area contributed by atoms with Crippen molar-refractivity contribution in [3.8, 4) is 0 Å². The van der Waals surface area contributed by atoms with Gasteiger partial charge >= 0.3 is 5.69 Å². The van der Waals surface area contributed by atoms with E-state index in [1.807, 2.05) is 0 Å². The van der Waals surface area contributed by atoms with Crippen LogP contribution in [0.3, 0.4) is 0 Å². The molecular formula is C10H14N4O3. The SMILES string of the molecule is O=[N+]([O-])c1cnc(NC2CCCCC2O)nc1. The third-order valence-corrected chi connectivity index (χ3v) is 2.89. The highest BCUT2D eigenvalue weighted by Gasteiger charge is 2.23. The molecule has 1 aromatic heterocycles. The molecule has 0 radical (unpaired) electrons. The van der Waals surface area contributed by atoms with Crippen LogP contribution in [0.4, 0.5) is 11.6 Å². The summed E-state index contributed by atoms with van der Waals surface area (Å²) in [4.78, 5) is 17.6. The molecule has 1 heterocycles. The van der Waals surface area contributed by atoms with E-state index in [4.69, 9.17) is 0 Å². The number of nitro groups is 1. The van der Waals surface area contributed by atoms with Crippen LogP contribution >= 0.6 is 0 Å². The van der Waals surface area contributed by atoms with E-state index in [1.165, 1.54) is 0 Å². The van der Waals surface area contributed by atoms with Crippen molar-refractivity contribution in [1.82, 2.24) is 9.97 Å². The number of aliphatic hydroxyl groups is 1. The van der Waals surface area contributed by atoms with E-state index in [0.717, 1.165) is 38.1 Å². The van der Waals surface area contributed by atoms with E-state index >= 15 is 0 Å². The Morgan fingerprint density at radius 1 is 1.35 bits per heavy atom. The minimum atomic E-state index is -0.542. The topological polar surface area (TPSA) is 101 Å². The van der Waals surface area contributed by atoms with Gasteiger partial charge in [0.25, 0.3) is 0 Å². The standard InChI is InChI=1S/C10H14N4O3/c15-9-4-2-1-3-8(9)13-10-11-5-7(6-12-10)14(16)17/h5-6,8-9,15H,1-4H2,(H,11,12,13). The maximum absolute atomic E-state index is 10.4. The fourth-order valence-electron chi connectivity index (χ4n) is 1.94. The molecule has 2 atom stereocenters. The number of aromatic nitrogens is 2. The Kier molecular flexibility index (Phi) is 3.48. The van der Waals surface area contributed by atoms with Crippen LogP contribution in [0.25, 0.3) is 0 Å². The molecule has 92 valence electrons. The Balaban J connectivity index is 2.00. The first-order chi connectivity index (χ1) is 8.16. The van der Waals surface area contributed by atoms with Gasteiger partial charge in [-0.25, -0.2) is 9.97 Å². The lowest BCUT2D eigenvalue weighted by molar-refractivity contribution is -0.385. The van der Waals surface area contributed by atoms with Gasteiger partial charge in [0.05, 0.1) is 17.1 Å². The van der Waals surface area contributed by atoms with Crippen LogP contribution in [-0.4, -0.2) is 32.1 Å². The predicted octanol–water partition coefficient (Wildman–Crippen LogP) is 1.10. The highest BCUT2D eigenvalue weighted by Crippen LogP contribution is 2.21. The molecule has 17 heavy (non-hydrogen) atoms. The molecule has 0 saturated heterocycles. The molecule has 1 fully saturated rings. The summed E-state index contributed by atoms with van der Waals surface area (Å²) in [5.74, 6) is 0.321. The first-order valence-corrected chi connectivity index (χ1v) is 5.58. The van der Waals surface area contributed by atoms with Gasteiger partial charge in [-0.2, -0.15) is 0 Å². The number of hydrogen-bond donors (Lipinski definition) is 2. The van der Waals surface area contributed by atoms with Crippen molar-refractivity contribution in [2.24, 2.45) is 0 Å². The number of hydrogen-bond acceptors (Lipinski definition) is 6. The third-order valence-electron chi connectivity index (χ3n) is 2.89. The summed E-state index contributed by atoms with van der Waals surface area (Å²) in [6.07, 6.45) is 5.63. The zero-order valence-electron chi connectivity index (χ0n) is 9.24. The summed E-state index contributed by atoms with van der Waals surface area (Å²) < 4.78 is 0. The zero-order chi connectivity index (χ0) is 12.3. The predicted molar refractivity (Wildman–Crippen MR) is 60.6 cm³/mol. The number of aliphatic hydroxyl groups excluding tert-OH is 1. The molecule has 7 nitrogen and oxygen atoms in total. The molecule has 0 aliphatic heterocycles. The first kappa shape index (κ1) is 11.7. The fourth-order valence-corrected chi connectivity index (χ4v) is 1.94. The van der Waals surface area contributed by atoms with E-state index in [1.54, 1.807) is 0 Å². The lowest BCUT2D eigenvalue weighted by Crippen LogP contribution is -2.36. The molecule has 0 bridgehead atoms. The van der Waals surface area contributed by atoms with Gasteiger partial charge in [-0.15, -0.1) is 0 Å². The summed E-state index contributed by atoms with van der Waals surface area (Å²) in [5, 5.41) is 23.2. The van der Waals surface area contributed by atoms with Crippen molar-refractivity contribution >= 4 is 11.6 Å². The highest BCUT2D eigenvalue weighted by atomic mass is 16.6. The fraction of sp³-hybridized carbons (Fsp3) is 0.600. The number of nitrogens with one attached hydrogen (secondary N) is 1. The average molecular weight is 238 g/mol. The lowest BCUT2D eigenvalue weighted by atomic mass is 9.93. The molecule has 7 heteroatoms. The molecule has 1 aliphatic carbocycles. The Hall–Kier alpha value is -1.76. The van der Waals surface area contributed by atoms with Crippen LogP contribution in [0.2, 0.25) is 0 Å². The van der Waals surface area contributed by atoms with Crippen LogP contribution < -0.4 is 5.32 Å². The van der Waals surface area contributed by atoms with E-state index in [2.05, 4.69) is 15.3 Å². The van der Waals surface area contributed by atoms with E-state index in [0.29, 0.717) is 5.95 Å². The summed E-state index contributed by atoms with van der Waals surface area (Å²) in [6, 6.07) is -0.0646. The molecule has 1 saturated carbocycles. The number of rotatable bonds is 3. The third kappa shape index (κ3) is 2.88. The Bertz CT molecular complexity index is 395. The quantitative estimate of drug-likeness (QED) is 0.604. The van der Waals surface area contributed by atoms with Gasteiger partial charge < -0.3 is 10.4 Å². The monoisotopic (exact) mass is 238 g/mol. The molecule has 0 aromatic carbocycles. The van der Waals surface area contributed by atoms with Crippen LogP contribution in [0.5, 0.6) is 0 Å². The van der Waals surface area contributed by atoms with Crippen molar-refractivity contribution in [1.29, 1.82) is 0 Å². The normalized spacial score (nSPS) is 24.3. The minimum Gasteiger partial charge on any atom is -0.391 e. The minimum absolute atomic E-state index is 0.0646. The summed E-state index contributed by atoms with van der Waals surface area (Å²) in [5.41, 5.74) is -0.139. The van der Waals surface area contributed by atoms with Gasteiger partial charge in [0, 0.05) is 0 Å². The van der Waals surface area contributed by atoms with Crippen LogP contribution in [-0.2, 0) is 0 Å². The number of nitrogens with zero attached hydrogens (tertiary/aromatic N) is 3. The van der Waals surface area contributed by atoms with Gasteiger partial charge in [0.15, 0.2) is 0 Å². The second-order valence-corrected chi connectivity index (χ2v) is 4.12. The molecule has 1 aliphatic rings. The molecule has 0 amide bonds. The van der Waals surface area contributed by atoms with Crippen LogP contribution in [0.1, 0.15) is 25.7 Å². The lowest BCUT2D eigenvalue weighted by Gasteiger charge is -2.28. The Labute approximate surface area is 98.1 Å². The molecular weight excluding hydrogens is 224 g/mol. The molecule has 0 spiro atoms. The van der Waals surface area contributed by atoms with Crippen molar-refractivity contribution in [2.45, 2.75) is 37.8 Å². The summed E-state index contributed by atoms with van der Waals surface area (Å²) in [6.45, 7) is 0. The van der Waals surface area contributed by atoms with E-state index < -0.39 is 11.0 Å². The first-order valence-electron chi connectivity index (χ1n) is 5.58. The molecule has 2 N–H and O–H groups in total. The molecule has 1 aromatic rings. The average Bonchev–Trinajstić information content (AvgIpc) is 2.33. The second-order valence-electron chi connectivity index (χ2n) is 4.12. The van der Waals surface area contributed by atoms with Gasteiger partial charge in [-0.1, -0.05) is 12.8 Å². The van der Waals surface area contributed by atoms with E-state index in [9.17, 15) is 15.2 Å². The maximum Gasteiger partial charge on any atom is 0.305 e. The Morgan fingerprint density at radius 3 is 2.59 bits per heavy atom. The molecule has 2 unspecified atom stereocenters. The second kappa shape index (κ2) is 5.05. The van der Waals surface area contributed by atoms with Crippen LogP contribution in [0, 0.1) is 10.1 Å². The van der Waals surface area contributed by atoms with Gasteiger partial charge in [-0.3, -0.25) is 10.1 Å². The van der Waals surface area contributed by atoms with Crippen molar-refractivity contribution < 1.29 is 10.0 Å². The summed E-state index contributed by atoms with van der Waals surface area (Å²) >= 11 is 0. The maximum atomic E-state index is 10.4. The Morgan fingerprint density at radius 2 is 2.00 bits per heavy atom. The van der Waals surface area contributed by atoms with Crippen molar-refractivity contribution in [3.63, 3.8) is 0 Å². The highest BCUT2D eigenvalue weighted by molar-refractivity contribution is 5.32. The molecule has 2 rings (SSSR count). The van der Waals surface area contributed by atoms with Gasteiger partial charge in [0.2, 0.25) is 5.95 Å². The van der Waals surface area contributed by atoms with Gasteiger partial charge in [0.1, 0.15) is 12.4 Å². The van der Waals surface area contributed by atoms with Crippen molar-refractivity contribution in [3.05, 3.63) is 22.5 Å². The summed E-state index contributed by atoms with van der Waals surface area (Å²) in [7, 11) is 0. The largest absolute Gasteiger partial charge is 0.391 e. The van der Waals surface area contributed by atoms with Gasteiger partial charge in [-0.05, 0) is 12.8 Å². The van der Waals surface area contributed by atoms with Crippen LogP contribution in [0.15, 0.2) is 12.4 Å².